The minimum atomic E-state index is -0.666. The van der Waals surface area contributed by atoms with Crippen LogP contribution in [0.2, 0.25) is 0 Å². The molecule has 0 heterocycles. The second kappa shape index (κ2) is 5.25. The minimum absolute atomic E-state index is 0.129. The van der Waals surface area contributed by atoms with E-state index < -0.39 is 11.6 Å². The van der Waals surface area contributed by atoms with E-state index in [2.05, 4.69) is 0 Å². The Bertz CT molecular complexity index is 378. The first-order valence-corrected chi connectivity index (χ1v) is 5.33. The van der Waals surface area contributed by atoms with E-state index in [1.165, 1.54) is 6.07 Å². The lowest BCUT2D eigenvalue weighted by atomic mass is 10.0. The van der Waals surface area contributed by atoms with Crippen LogP contribution in [0.1, 0.15) is 25.0 Å². The fraction of sp³-hybridized carbons (Fsp3) is 0.500. The molecule has 1 aromatic rings. The lowest BCUT2D eigenvalue weighted by Crippen LogP contribution is -2.19. The van der Waals surface area contributed by atoms with E-state index in [9.17, 15) is 8.78 Å². The van der Waals surface area contributed by atoms with Crippen LogP contribution in [-0.4, -0.2) is 12.6 Å². The third-order valence-corrected chi connectivity index (χ3v) is 2.36. The van der Waals surface area contributed by atoms with E-state index in [1.807, 2.05) is 0 Å². The lowest BCUT2D eigenvalue weighted by Gasteiger charge is -2.13. The Morgan fingerprint density at radius 3 is 2.56 bits per heavy atom. The topological polar surface area (TPSA) is 35.2 Å². The Hall–Kier alpha value is -1.16. The fourth-order valence-electron chi connectivity index (χ4n) is 1.58. The molecule has 90 valence electrons. The van der Waals surface area contributed by atoms with Gasteiger partial charge in [-0.2, -0.15) is 0 Å². The van der Waals surface area contributed by atoms with Gasteiger partial charge in [-0.1, -0.05) is 0 Å². The van der Waals surface area contributed by atoms with Crippen molar-refractivity contribution in [2.45, 2.75) is 33.2 Å². The molecule has 0 spiro atoms. The van der Waals surface area contributed by atoms with Crippen molar-refractivity contribution < 1.29 is 13.5 Å². The Kier molecular flexibility index (Phi) is 4.24. The van der Waals surface area contributed by atoms with Crippen molar-refractivity contribution in [3.63, 3.8) is 0 Å². The molecule has 0 aliphatic heterocycles. The molecule has 0 saturated heterocycles. The van der Waals surface area contributed by atoms with Crippen molar-refractivity contribution in [2.75, 3.05) is 6.61 Å². The van der Waals surface area contributed by atoms with Crippen LogP contribution in [0.25, 0.3) is 0 Å². The molecule has 0 aliphatic rings. The molecular formula is C12H17F2NO. The molecule has 0 saturated carbocycles. The normalized spacial score (nSPS) is 12.6. The van der Waals surface area contributed by atoms with Gasteiger partial charge in [-0.3, -0.25) is 0 Å². The summed E-state index contributed by atoms with van der Waals surface area (Å²) in [5, 5.41) is 0. The number of hydrogen-bond donors (Lipinski definition) is 1. The Labute approximate surface area is 94.4 Å². The van der Waals surface area contributed by atoms with E-state index >= 15 is 0 Å². The highest BCUT2D eigenvalue weighted by Crippen LogP contribution is 2.27. The molecule has 0 aliphatic carbocycles. The third kappa shape index (κ3) is 2.70. The molecule has 0 aromatic heterocycles. The molecule has 2 nitrogen and oxygen atoms in total. The first kappa shape index (κ1) is 12.9. The molecule has 0 amide bonds. The highest BCUT2D eigenvalue weighted by molar-refractivity contribution is 5.38. The van der Waals surface area contributed by atoms with Crippen LogP contribution >= 0.6 is 0 Å². The van der Waals surface area contributed by atoms with Crippen LogP contribution in [0.5, 0.6) is 5.75 Å². The van der Waals surface area contributed by atoms with E-state index in [0.29, 0.717) is 17.5 Å². The van der Waals surface area contributed by atoms with Gasteiger partial charge >= 0.3 is 0 Å². The summed E-state index contributed by atoms with van der Waals surface area (Å²) in [4.78, 5) is 0. The van der Waals surface area contributed by atoms with Gasteiger partial charge in [0.25, 0.3) is 0 Å². The summed E-state index contributed by atoms with van der Waals surface area (Å²) in [6, 6.07) is 1.17. The fourth-order valence-corrected chi connectivity index (χ4v) is 1.58. The number of halogens is 2. The van der Waals surface area contributed by atoms with Crippen molar-refractivity contribution in [3.05, 3.63) is 28.8 Å². The summed E-state index contributed by atoms with van der Waals surface area (Å²) >= 11 is 0. The van der Waals surface area contributed by atoms with E-state index in [1.54, 1.807) is 20.8 Å². The van der Waals surface area contributed by atoms with Gasteiger partial charge in [-0.15, -0.1) is 0 Å². The van der Waals surface area contributed by atoms with Crippen molar-refractivity contribution in [1.82, 2.24) is 0 Å². The molecule has 0 bridgehead atoms. The monoisotopic (exact) mass is 229 g/mol. The standard InChI is InChI=1S/C12H17F2NO/c1-4-16-12-10(13)6-9(5-7(2)15)8(3)11(12)14/h6-7H,4-5,15H2,1-3H3. The van der Waals surface area contributed by atoms with Crippen LogP contribution in [0, 0.1) is 18.6 Å². The van der Waals surface area contributed by atoms with Crippen molar-refractivity contribution in [2.24, 2.45) is 5.73 Å². The molecular weight excluding hydrogens is 212 g/mol. The maximum atomic E-state index is 13.8. The predicted molar refractivity (Wildman–Crippen MR) is 59.6 cm³/mol. The second-order valence-electron chi connectivity index (χ2n) is 3.90. The highest BCUT2D eigenvalue weighted by atomic mass is 19.1. The third-order valence-electron chi connectivity index (χ3n) is 2.36. The van der Waals surface area contributed by atoms with Crippen LogP contribution in [0.4, 0.5) is 8.78 Å². The molecule has 2 N–H and O–H groups in total. The van der Waals surface area contributed by atoms with Gasteiger partial charge in [-0.05, 0) is 44.4 Å². The van der Waals surface area contributed by atoms with Gasteiger partial charge in [0.15, 0.2) is 17.4 Å². The number of ether oxygens (including phenoxy) is 1. The number of hydrogen-bond acceptors (Lipinski definition) is 2. The van der Waals surface area contributed by atoms with Gasteiger partial charge in [0.1, 0.15) is 0 Å². The van der Waals surface area contributed by atoms with Crippen LogP contribution in [0.15, 0.2) is 6.07 Å². The zero-order chi connectivity index (χ0) is 12.3. The zero-order valence-corrected chi connectivity index (χ0v) is 9.81. The summed E-state index contributed by atoms with van der Waals surface area (Å²) in [5.41, 5.74) is 6.61. The van der Waals surface area contributed by atoms with Gasteiger partial charge in [-0.25, -0.2) is 8.78 Å². The van der Waals surface area contributed by atoms with E-state index in [0.717, 1.165) is 0 Å². The van der Waals surface area contributed by atoms with Gasteiger partial charge < -0.3 is 10.5 Å². The van der Waals surface area contributed by atoms with Crippen molar-refractivity contribution >= 4 is 0 Å². The second-order valence-corrected chi connectivity index (χ2v) is 3.90. The molecule has 1 unspecified atom stereocenters. The average molecular weight is 229 g/mol. The van der Waals surface area contributed by atoms with Crippen LogP contribution in [-0.2, 0) is 6.42 Å². The molecule has 0 radical (unpaired) electrons. The van der Waals surface area contributed by atoms with Crippen LogP contribution < -0.4 is 10.5 Å². The maximum Gasteiger partial charge on any atom is 0.190 e. The molecule has 1 aromatic carbocycles. The van der Waals surface area contributed by atoms with E-state index in [4.69, 9.17) is 10.5 Å². The lowest BCUT2D eigenvalue weighted by molar-refractivity contribution is 0.301. The van der Waals surface area contributed by atoms with Crippen molar-refractivity contribution in [3.8, 4) is 5.75 Å². The van der Waals surface area contributed by atoms with Gasteiger partial charge in [0.2, 0.25) is 0 Å². The molecule has 4 heteroatoms. The summed E-state index contributed by atoms with van der Waals surface area (Å²) < 4.78 is 32.2. The quantitative estimate of drug-likeness (QED) is 0.861. The Morgan fingerprint density at radius 2 is 2.06 bits per heavy atom. The van der Waals surface area contributed by atoms with Gasteiger partial charge in [0.05, 0.1) is 6.61 Å². The minimum Gasteiger partial charge on any atom is -0.488 e. The first-order valence-electron chi connectivity index (χ1n) is 5.33. The predicted octanol–water partition coefficient (Wildman–Crippen LogP) is 2.56. The Balaban J connectivity index is 3.16. The Morgan fingerprint density at radius 1 is 1.44 bits per heavy atom. The summed E-state index contributed by atoms with van der Waals surface area (Å²) in [5.74, 6) is -1.59. The van der Waals surface area contributed by atoms with Crippen LogP contribution in [0.3, 0.4) is 0 Å². The first-order chi connectivity index (χ1) is 7.47. The van der Waals surface area contributed by atoms with E-state index in [-0.39, 0.29) is 18.4 Å². The molecule has 1 rings (SSSR count). The summed E-state index contributed by atoms with van der Waals surface area (Å²) in [7, 11) is 0. The zero-order valence-electron chi connectivity index (χ0n) is 9.81. The number of nitrogens with two attached hydrogens (primary N) is 1. The summed E-state index contributed by atoms with van der Waals surface area (Å²) in [6.45, 7) is 5.32. The van der Waals surface area contributed by atoms with Gasteiger partial charge in [0, 0.05) is 6.04 Å². The molecule has 16 heavy (non-hydrogen) atoms. The number of rotatable bonds is 4. The average Bonchev–Trinajstić information content (AvgIpc) is 2.20. The molecule has 0 fully saturated rings. The largest absolute Gasteiger partial charge is 0.488 e. The molecule has 1 atom stereocenters. The number of benzene rings is 1. The highest BCUT2D eigenvalue weighted by Gasteiger charge is 2.17. The van der Waals surface area contributed by atoms with Crippen molar-refractivity contribution in [1.29, 1.82) is 0 Å². The SMILES string of the molecule is CCOc1c(F)cc(CC(C)N)c(C)c1F. The smallest absolute Gasteiger partial charge is 0.190 e. The summed E-state index contributed by atoms with van der Waals surface area (Å²) in [6.07, 6.45) is 0.450. The maximum absolute atomic E-state index is 13.8.